The Morgan fingerprint density at radius 2 is 1.76 bits per heavy atom. The third-order valence-corrected chi connectivity index (χ3v) is 4.35. The molecule has 0 aliphatic rings. The van der Waals surface area contributed by atoms with Crippen molar-refractivity contribution in [3.05, 3.63) is 54.1 Å². The Balaban J connectivity index is 2.13. The molecule has 1 amide bonds. The molecular weight excluding hydrogens is 398 g/mol. The van der Waals surface area contributed by atoms with E-state index in [-0.39, 0.29) is 30.6 Å². The monoisotopic (exact) mass is 423 g/mol. The van der Waals surface area contributed by atoms with Gasteiger partial charge in [0.1, 0.15) is 5.75 Å². The Labute approximate surface area is 171 Å². The highest BCUT2D eigenvalue weighted by Gasteiger charge is 2.17. The number of nitrogens with zero attached hydrogens (tertiary/aromatic N) is 1. The molecule has 0 fully saturated rings. The van der Waals surface area contributed by atoms with E-state index < -0.39 is 10.1 Å². The van der Waals surface area contributed by atoms with E-state index in [0.29, 0.717) is 24.5 Å². The maximum absolute atomic E-state index is 12.7. The number of amides is 1. The maximum Gasteiger partial charge on any atom is 0.306 e. The van der Waals surface area contributed by atoms with Crippen molar-refractivity contribution in [2.45, 2.75) is 6.54 Å². The fraction of sp³-hybridized carbons (Fsp3) is 0.350. The van der Waals surface area contributed by atoms with Crippen LogP contribution >= 0.6 is 0 Å². The quantitative estimate of drug-likeness (QED) is 0.511. The first-order chi connectivity index (χ1) is 13.8. The first-order valence-electron chi connectivity index (χ1n) is 8.83. The zero-order chi connectivity index (χ0) is 21.3. The van der Waals surface area contributed by atoms with Crippen LogP contribution in [0.3, 0.4) is 0 Å². The standard InChI is InChI=1S/C20H25NO7S/c1-25-12-11-21(20(22)15-27-17-7-5-4-6-8-17)14-16-9-10-18(26-2)19(13-16)28-29(3,23)24/h4-10,13H,11-12,14-15H2,1-3H3. The summed E-state index contributed by atoms with van der Waals surface area (Å²) in [5.74, 6) is 0.710. The summed E-state index contributed by atoms with van der Waals surface area (Å²) in [6, 6.07) is 13.9. The van der Waals surface area contributed by atoms with Crippen LogP contribution in [-0.2, 0) is 26.2 Å². The summed E-state index contributed by atoms with van der Waals surface area (Å²) in [5, 5.41) is 0. The van der Waals surface area contributed by atoms with Crippen LogP contribution in [0.15, 0.2) is 48.5 Å². The topological polar surface area (TPSA) is 91.4 Å². The Morgan fingerprint density at radius 1 is 1.03 bits per heavy atom. The molecule has 0 saturated carbocycles. The Bertz CT molecular complexity index is 900. The summed E-state index contributed by atoms with van der Waals surface area (Å²) in [6.45, 7) is 0.794. The summed E-state index contributed by atoms with van der Waals surface area (Å²) >= 11 is 0. The molecule has 9 heteroatoms. The summed E-state index contributed by atoms with van der Waals surface area (Å²) in [7, 11) is -0.759. The molecule has 158 valence electrons. The van der Waals surface area contributed by atoms with Gasteiger partial charge in [-0.1, -0.05) is 24.3 Å². The van der Waals surface area contributed by atoms with Crippen LogP contribution in [0.25, 0.3) is 0 Å². The van der Waals surface area contributed by atoms with Crippen LogP contribution in [0.5, 0.6) is 17.2 Å². The average Bonchev–Trinajstić information content (AvgIpc) is 2.69. The maximum atomic E-state index is 12.7. The average molecular weight is 423 g/mol. The van der Waals surface area contributed by atoms with Crippen LogP contribution in [0.1, 0.15) is 5.56 Å². The first kappa shape index (κ1) is 22.5. The van der Waals surface area contributed by atoms with Crippen LogP contribution in [0.2, 0.25) is 0 Å². The van der Waals surface area contributed by atoms with Gasteiger partial charge in [-0.2, -0.15) is 8.42 Å². The Kier molecular flexibility index (Phi) is 8.29. The minimum absolute atomic E-state index is 0.0622. The number of carbonyl (C=O) groups is 1. The molecule has 29 heavy (non-hydrogen) atoms. The summed E-state index contributed by atoms with van der Waals surface area (Å²) in [5.41, 5.74) is 0.675. The lowest BCUT2D eigenvalue weighted by molar-refractivity contribution is -0.134. The SMILES string of the molecule is COCCN(Cc1ccc(OC)c(OS(C)(=O)=O)c1)C(=O)COc1ccccc1. The van der Waals surface area contributed by atoms with Crippen LogP contribution in [0.4, 0.5) is 0 Å². The molecule has 2 rings (SSSR count). The second-order valence-corrected chi connectivity index (χ2v) is 7.76. The van der Waals surface area contributed by atoms with Gasteiger partial charge in [0.25, 0.3) is 5.91 Å². The minimum atomic E-state index is -3.73. The molecule has 0 aliphatic carbocycles. The lowest BCUT2D eigenvalue weighted by atomic mass is 10.2. The van der Waals surface area contributed by atoms with Crippen molar-refractivity contribution in [1.29, 1.82) is 0 Å². The summed E-state index contributed by atoms with van der Waals surface area (Å²) in [4.78, 5) is 14.2. The van der Waals surface area contributed by atoms with Gasteiger partial charge in [-0.05, 0) is 29.8 Å². The van der Waals surface area contributed by atoms with E-state index in [0.717, 1.165) is 6.26 Å². The number of benzene rings is 2. The van der Waals surface area contributed by atoms with Gasteiger partial charge in [-0.25, -0.2) is 0 Å². The van der Waals surface area contributed by atoms with Gasteiger partial charge in [-0.15, -0.1) is 0 Å². The van der Waals surface area contributed by atoms with E-state index in [1.54, 1.807) is 36.3 Å². The molecule has 0 atom stereocenters. The number of ether oxygens (including phenoxy) is 3. The number of para-hydroxylation sites is 1. The second-order valence-electron chi connectivity index (χ2n) is 6.18. The van der Waals surface area contributed by atoms with E-state index in [2.05, 4.69) is 0 Å². The third kappa shape index (κ3) is 7.63. The van der Waals surface area contributed by atoms with Gasteiger partial charge in [0, 0.05) is 20.2 Å². The van der Waals surface area contributed by atoms with Crippen LogP contribution in [0, 0.1) is 0 Å². The number of hydrogen-bond donors (Lipinski definition) is 0. The highest BCUT2D eigenvalue weighted by Crippen LogP contribution is 2.29. The highest BCUT2D eigenvalue weighted by atomic mass is 32.2. The zero-order valence-corrected chi connectivity index (χ0v) is 17.5. The Hall–Kier alpha value is -2.78. The fourth-order valence-electron chi connectivity index (χ4n) is 2.51. The molecule has 8 nitrogen and oxygen atoms in total. The van der Waals surface area contributed by atoms with Gasteiger partial charge < -0.3 is 23.3 Å². The smallest absolute Gasteiger partial charge is 0.306 e. The molecule has 0 N–H and O–H groups in total. The second kappa shape index (κ2) is 10.7. The molecule has 0 saturated heterocycles. The Morgan fingerprint density at radius 3 is 2.38 bits per heavy atom. The molecular formula is C20H25NO7S. The third-order valence-electron chi connectivity index (χ3n) is 3.87. The van der Waals surface area contributed by atoms with E-state index in [9.17, 15) is 13.2 Å². The number of methoxy groups -OCH3 is 2. The summed E-state index contributed by atoms with van der Waals surface area (Å²) in [6.07, 6.45) is 0.953. The summed E-state index contributed by atoms with van der Waals surface area (Å²) < 4.78 is 43.7. The molecule has 0 radical (unpaired) electrons. The predicted molar refractivity (Wildman–Crippen MR) is 108 cm³/mol. The van der Waals surface area contributed by atoms with Gasteiger partial charge in [0.05, 0.1) is 20.0 Å². The normalized spacial score (nSPS) is 11.0. The van der Waals surface area contributed by atoms with E-state index in [4.69, 9.17) is 18.4 Å². The van der Waals surface area contributed by atoms with Crippen molar-refractivity contribution in [1.82, 2.24) is 4.90 Å². The van der Waals surface area contributed by atoms with Gasteiger partial charge in [-0.3, -0.25) is 4.79 Å². The van der Waals surface area contributed by atoms with Crippen molar-refractivity contribution in [2.24, 2.45) is 0 Å². The minimum Gasteiger partial charge on any atom is -0.493 e. The fourth-order valence-corrected chi connectivity index (χ4v) is 2.97. The number of hydrogen-bond acceptors (Lipinski definition) is 7. The number of rotatable bonds is 11. The van der Waals surface area contributed by atoms with Crippen LogP contribution in [-0.4, -0.2) is 59.5 Å². The number of carbonyl (C=O) groups excluding carboxylic acids is 1. The van der Waals surface area contributed by atoms with Crippen LogP contribution < -0.4 is 13.7 Å². The van der Waals surface area contributed by atoms with E-state index in [1.807, 2.05) is 18.2 Å². The van der Waals surface area contributed by atoms with Crippen molar-refractivity contribution < 1.29 is 31.6 Å². The largest absolute Gasteiger partial charge is 0.493 e. The lowest BCUT2D eigenvalue weighted by Gasteiger charge is -2.23. The van der Waals surface area contributed by atoms with E-state index >= 15 is 0 Å². The van der Waals surface area contributed by atoms with Crippen molar-refractivity contribution >= 4 is 16.0 Å². The van der Waals surface area contributed by atoms with Gasteiger partial charge >= 0.3 is 10.1 Å². The molecule has 0 unspecified atom stereocenters. The molecule has 0 heterocycles. The van der Waals surface area contributed by atoms with Gasteiger partial charge in [0.15, 0.2) is 18.1 Å². The van der Waals surface area contributed by atoms with Gasteiger partial charge in [0.2, 0.25) is 0 Å². The van der Waals surface area contributed by atoms with Crippen molar-refractivity contribution in [2.75, 3.05) is 40.2 Å². The molecule has 0 aliphatic heterocycles. The lowest BCUT2D eigenvalue weighted by Crippen LogP contribution is -2.36. The first-order valence-corrected chi connectivity index (χ1v) is 10.6. The highest BCUT2D eigenvalue weighted by molar-refractivity contribution is 7.86. The van der Waals surface area contributed by atoms with Crippen molar-refractivity contribution in [3.8, 4) is 17.2 Å². The molecule has 0 spiro atoms. The molecule has 2 aromatic carbocycles. The molecule has 0 bridgehead atoms. The van der Waals surface area contributed by atoms with E-state index in [1.165, 1.54) is 13.2 Å². The predicted octanol–water partition coefficient (Wildman–Crippen LogP) is 2.09. The molecule has 0 aromatic heterocycles. The zero-order valence-electron chi connectivity index (χ0n) is 16.7. The molecule has 2 aromatic rings. The van der Waals surface area contributed by atoms with Crippen molar-refractivity contribution in [3.63, 3.8) is 0 Å².